The second-order valence-electron chi connectivity index (χ2n) is 4.81. The van der Waals surface area contributed by atoms with Crippen molar-refractivity contribution in [3.05, 3.63) is 0 Å². The van der Waals surface area contributed by atoms with Gasteiger partial charge < -0.3 is 4.74 Å². The topological polar surface area (TPSA) is 60.4 Å². The molecule has 4 nitrogen and oxygen atoms in total. The molecule has 0 aliphatic heterocycles. The molecule has 0 unspecified atom stereocenters. The second-order valence-corrected chi connectivity index (χ2v) is 4.81. The first-order valence-electron chi connectivity index (χ1n) is 6.00. The van der Waals surface area contributed by atoms with Gasteiger partial charge in [-0.3, -0.25) is 14.4 Å². The van der Waals surface area contributed by atoms with Gasteiger partial charge in [-0.1, -0.05) is 0 Å². The molecule has 1 aliphatic rings. The van der Waals surface area contributed by atoms with Gasteiger partial charge in [-0.15, -0.1) is 0 Å². The Hall–Kier alpha value is -1.54. The maximum absolute atomic E-state index is 13.5. The summed E-state index contributed by atoms with van der Waals surface area (Å²) >= 11 is 0. The molecule has 0 spiro atoms. The minimum Gasteiger partial charge on any atom is -0.466 e. The molecule has 1 rings (SSSR count). The number of Topliss-reactive ketones (excluding diaryl/α,β-unsaturated/α-hetero) is 2. The van der Waals surface area contributed by atoms with Crippen LogP contribution in [0.5, 0.6) is 0 Å². The fourth-order valence-electron chi connectivity index (χ4n) is 2.74. The van der Waals surface area contributed by atoms with Crippen LogP contribution in [-0.2, 0) is 19.1 Å². The summed E-state index contributed by atoms with van der Waals surface area (Å²) in [4.78, 5) is 34.7. The van der Waals surface area contributed by atoms with Crippen LogP contribution in [0.15, 0.2) is 0 Å². The summed E-state index contributed by atoms with van der Waals surface area (Å²) in [5.41, 5.74) is -2.68. The molecule has 120 valence electrons. The van der Waals surface area contributed by atoms with Crippen LogP contribution >= 0.6 is 0 Å². The summed E-state index contributed by atoms with van der Waals surface area (Å²) in [6.07, 6.45) is -5.98. The van der Waals surface area contributed by atoms with Crippen molar-refractivity contribution in [2.75, 3.05) is 6.61 Å². The van der Waals surface area contributed by atoms with E-state index in [2.05, 4.69) is 4.74 Å². The normalized spacial score (nSPS) is 24.4. The smallest absolute Gasteiger partial charge is 0.453 e. The van der Waals surface area contributed by atoms with Crippen LogP contribution in [0.1, 0.15) is 20.8 Å². The zero-order chi connectivity index (χ0) is 16.8. The minimum absolute atomic E-state index is 0.272. The SMILES string of the molecule is CCOC(=O)[C@@H]1[C@@H](C(F)(F)C(F)(F)F)C1(C(C)=O)C(C)=O. The third kappa shape index (κ3) is 2.32. The summed E-state index contributed by atoms with van der Waals surface area (Å²) in [5.74, 6) is -14.1. The Labute approximate surface area is 116 Å². The van der Waals surface area contributed by atoms with Crippen LogP contribution in [-0.4, -0.2) is 36.2 Å². The maximum atomic E-state index is 13.5. The lowest BCUT2D eigenvalue weighted by Crippen LogP contribution is -2.42. The van der Waals surface area contributed by atoms with Crippen molar-refractivity contribution >= 4 is 17.5 Å². The van der Waals surface area contributed by atoms with Gasteiger partial charge in [0.1, 0.15) is 17.0 Å². The first kappa shape index (κ1) is 17.5. The van der Waals surface area contributed by atoms with Crippen molar-refractivity contribution in [2.45, 2.75) is 32.9 Å². The van der Waals surface area contributed by atoms with E-state index in [9.17, 15) is 36.3 Å². The average Bonchev–Trinajstić information content (AvgIpc) is 2.99. The van der Waals surface area contributed by atoms with Gasteiger partial charge in [0.05, 0.1) is 18.4 Å². The second kappa shape index (κ2) is 5.03. The van der Waals surface area contributed by atoms with Crippen LogP contribution in [0.25, 0.3) is 0 Å². The van der Waals surface area contributed by atoms with Crippen molar-refractivity contribution in [1.82, 2.24) is 0 Å². The quantitative estimate of drug-likeness (QED) is 0.443. The highest BCUT2D eigenvalue weighted by Gasteiger charge is 2.87. The average molecular weight is 316 g/mol. The molecule has 0 N–H and O–H groups in total. The molecule has 1 saturated carbocycles. The van der Waals surface area contributed by atoms with Gasteiger partial charge in [-0.25, -0.2) is 0 Å². The van der Waals surface area contributed by atoms with Crippen LogP contribution in [0, 0.1) is 17.3 Å². The number of alkyl halides is 5. The van der Waals surface area contributed by atoms with Crippen LogP contribution in [0.4, 0.5) is 22.0 Å². The summed E-state index contributed by atoms with van der Waals surface area (Å²) in [6.45, 7) is 2.46. The number of halogens is 5. The number of hydrogen-bond donors (Lipinski definition) is 0. The zero-order valence-electron chi connectivity index (χ0n) is 11.4. The summed E-state index contributed by atoms with van der Waals surface area (Å²) < 4.78 is 69.0. The van der Waals surface area contributed by atoms with E-state index in [4.69, 9.17) is 0 Å². The van der Waals surface area contributed by atoms with E-state index in [0.717, 1.165) is 0 Å². The fourth-order valence-corrected chi connectivity index (χ4v) is 2.74. The van der Waals surface area contributed by atoms with E-state index < -0.39 is 46.9 Å². The van der Waals surface area contributed by atoms with Crippen LogP contribution < -0.4 is 0 Å². The number of hydrogen-bond acceptors (Lipinski definition) is 4. The van der Waals surface area contributed by atoms with Crippen LogP contribution in [0.2, 0.25) is 0 Å². The molecule has 1 aliphatic carbocycles. The largest absolute Gasteiger partial charge is 0.466 e. The number of carbonyl (C=O) groups is 3. The highest BCUT2D eigenvalue weighted by molar-refractivity contribution is 6.13. The van der Waals surface area contributed by atoms with Gasteiger partial charge in [-0.05, 0) is 20.8 Å². The van der Waals surface area contributed by atoms with E-state index in [1.54, 1.807) is 0 Å². The summed E-state index contributed by atoms with van der Waals surface area (Å²) in [7, 11) is 0. The van der Waals surface area contributed by atoms with Crippen molar-refractivity contribution in [1.29, 1.82) is 0 Å². The van der Waals surface area contributed by atoms with E-state index >= 15 is 0 Å². The molecule has 9 heteroatoms. The molecule has 0 aromatic heterocycles. The minimum atomic E-state index is -5.98. The van der Waals surface area contributed by atoms with Gasteiger partial charge in [0.25, 0.3) is 0 Å². The highest BCUT2D eigenvalue weighted by Crippen LogP contribution is 2.69. The first-order valence-corrected chi connectivity index (χ1v) is 6.00. The Kier molecular flexibility index (Phi) is 4.19. The Balaban J connectivity index is 3.38. The molecular weight excluding hydrogens is 303 g/mol. The lowest BCUT2D eigenvalue weighted by atomic mass is 9.90. The third-order valence-corrected chi connectivity index (χ3v) is 3.68. The number of ketones is 2. The molecule has 0 heterocycles. The van der Waals surface area contributed by atoms with Gasteiger partial charge in [0, 0.05) is 0 Å². The molecule has 0 bridgehead atoms. The molecule has 0 amide bonds. The van der Waals surface area contributed by atoms with E-state index in [1.165, 1.54) is 6.92 Å². The van der Waals surface area contributed by atoms with Gasteiger partial charge in [-0.2, -0.15) is 22.0 Å². The van der Waals surface area contributed by atoms with Crippen molar-refractivity contribution < 1.29 is 41.1 Å². The lowest BCUT2D eigenvalue weighted by Gasteiger charge is -2.21. The fraction of sp³-hybridized carbons (Fsp3) is 0.750. The molecule has 0 aromatic rings. The maximum Gasteiger partial charge on any atom is 0.453 e. The Morgan fingerprint density at radius 1 is 1.05 bits per heavy atom. The standard InChI is InChI=1S/C12H13F5O4/c1-4-21-9(20)7-8(11(13,14)12(15,16)17)10(7,5(2)18)6(3)19/h7-8H,4H2,1-3H3/t7-,8+/m0/s1. The molecule has 0 saturated heterocycles. The molecule has 2 atom stereocenters. The number of ether oxygens (including phenoxy) is 1. The Morgan fingerprint density at radius 2 is 1.48 bits per heavy atom. The van der Waals surface area contributed by atoms with E-state index in [0.29, 0.717) is 13.8 Å². The predicted octanol–water partition coefficient (Wildman–Crippen LogP) is 2.16. The monoisotopic (exact) mass is 316 g/mol. The van der Waals surface area contributed by atoms with Crippen molar-refractivity contribution in [2.24, 2.45) is 17.3 Å². The molecule has 0 radical (unpaired) electrons. The predicted molar refractivity (Wildman–Crippen MR) is 58.4 cm³/mol. The number of esters is 1. The van der Waals surface area contributed by atoms with Crippen molar-refractivity contribution in [3.63, 3.8) is 0 Å². The molecule has 1 fully saturated rings. The first-order chi connectivity index (χ1) is 9.36. The Morgan fingerprint density at radius 3 is 1.76 bits per heavy atom. The number of carbonyl (C=O) groups excluding carboxylic acids is 3. The van der Waals surface area contributed by atoms with Crippen LogP contribution in [0.3, 0.4) is 0 Å². The Bertz CT molecular complexity index is 469. The van der Waals surface area contributed by atoms with Crippen molar-refractivity contribution in [3.8, 4) is 0 Å². The van der Waals surface area contributed by atoms with Gasteiger partial charge >= 0.3 is 18.1 Å². The lowest BCUT2D eigenvalue weighted by molar-refractivity contribution is -0.294. The van der Waals surface area contributed by atoms with Gasteiger partial charge in [0.15, 0.2) is 0 Å². The number of rotatable bonds is 5. The molecule has 21 heavy (non-hydrogen) atoms. The third-order valence-electron chi connectivity index (χ3n) is 3.68. The van der Waals surface area contributed by atoms with Gasteiger partial charge in [0.2, 0.25) is 0 Å². The summed E-state index contributed by atoms with van der Waals surface area (Å²) in [5, 5.41) is 0. The highest BCUT2D eigenvalue weighted by atomic mass is 19.4. The van der Waals surface area contributed by atoms with E-state index in [-0.39, 0.29) is 6.61 Å². The zero-order valence-corrected chi connectivity index (χ0v) is 11.4. The molecular formula is C12H13F5O4. The van der Waals surface area contributed by atoms with E-state index in [1.807, 2.05) is 0 Å². The summed E-state index contributed by atoms with van der Waals surface area (Å²) in [6, 6.07) is 0. The molecule has 0 aromatic carbocycles.